The molecule has 19 heavy (non-hydrogen) atoms. The minimum Gasteiger partial charge on any atom is -0.497 e. The summed E-state index contributed by atoms with van der Waals surface area (Å²) in [6.45, 7) is 0. The summed E-state index contributed by atoms with van der Waals surface area (Å²) < 4.78 is 23.9. The predicted octanol–water partition coefficient (Wildman–Crippen LogP) is 2.92. The maximum Gasteiger partial charge on any atom is 0.133 e. The van der Waals surface area contributed by atoms with Gasteiger partial charge in [-0.05, 0) is 29.8 Å². The lowest BCUT2D eigenvalue weighted by atomic mass is 10.0. The third-order valence-corrected chi connectivity index (χ3v) is 2.91. The van der Waals surface area contributed by atoms with E-state index in [0.29, 0.717) is 17.1 Å². The van der Waals surface area contributed by atoms with Gasteiger partial charge in [0.05, 0.1) is 14.2 Å². The molecule has 0 heterocycles. The highest BCUT2D eigenvalue weighted by atomic mass is 19.1. The number of benzene rings is 2. The second kappa shape index (κ2) is 5.71. The van der Waals surface area contributed by atoms with E-state index in [1.807, 2.05) is 0 Å². The van der Waals surface area contributed by atoms with Crippen LogP contribution in [0.4, 0.5) is 4.39 Å². The van der Waals surface area contributed by atoms with Crippen molar-refractivity contribution in [2.45, 2.75) is 6.10 Å². The summed E-state index contributed by atoms with van der Waals surface area (Å²) in [5.41, 5.74) is 0.775. The van der Waals surface area contributed by atoms with Crippen molar-refractivity contribution in [1.29, 1.82) is 0 Å². The molecule has 0 aliphatic heterocycles. The van der Waals surface area contributed by atoms with Gasteiger partial charge in [-0.1, -0.05) is 12.1 Å². The zero-order chi connectivity index (χ0) is 13.8. The molecular formula is C15H15FO3. The predicted molar refractivity (Wildman–Crippen MR) is 70.0 cm³/mol. The largest absolute Gasteiger partial charge is 0.497 e. The Hall–Kier alpha value is -2.07. The Labute approximate surface area is 111 Å². The van der Waals surface area contributed by atoms with E-state index in [4.69, 9.17) is 9.47 Å². The lowest BCUT2D eigenvalue weighted by molar-refractivity contribution is 0.214. The number of aliphatic hydroxyl groups excluding tert-OH is 1. The highest BCUT2D eigenvalue weighted by Crippen LogP contribution is 2.28. The molecule has 0 fully saturated rings. The highest BCUT2D eigenvalue weighted by Gasteiger charge is 2.16. The standard InChI is InChI=1S/C15H15FO3/c1-18-11-5-3-4-10(8-11)15(17)13-7-6-12(19-2)9-14(13)16/h3-9,15,17H,1-2H3. The molecule has 2 rings (SSSR count). The van der Waals surface area contributed by atoms with Gasteiger partial charge in [0.15, 0.2) is 0 Å². The molecular weight excluding hydrogens is 247 g/mol. The van der Waals surface area contributed by atoms with Crippen molar-refractivity contribution >= 4 is 0 Å². The van der Waals surface area contributed by atoms with Crippen molar-refractivity contribution in [1.82, 2.24) is 0 Å². The summed E-state index contributed by atoms with van der Waals surface area (Å²) in [7, 11) is 3.01. The van der Waals surface area contributed by atoms with Gasteiger partial charge in [0.2, 0.25) is 0 Å². The fourth-order valence-electron chi connectivity index (χ4n) is 1.85. The molecule has 0 spiro atoms. The molecule has 0 radical (unpaired) electrons. The zero-order valence-electron chi connectivity index (χ0n) is 10.8. The van der Waals surface area contributed by atoms with Gasteiger partial charge >= 0.3 is 0 Å². The normalized spacial score (nSPS) is 12.0. The minimum absolute atomic E-state index is 0.203. The number of halogens is 1. The second-order valence-electron chi connectivity index (χ2n) is 4.07. The van der Waals surface area contributed by atoms with Crippen LogP contribution in [0, 0.1) is 5.82 Å². The van der Waals surface area contributed by atoms with Gasteiger partial charge in [-0.3, -0.25) is 0 Å². The number of ether oxygens (including phenoxy) is 2. The summed E-state index contributed by atoms with van der Waals surface area (Å²) in [6, 6.07) is 11.3. The average Bonchev–Trinajstić information content (AvgIpc) is 2.46. The Morgan fingerprint density at radius 3 is 2.32 bits per heavy atom. The van der Waals surface area contributed by atoms with E-state index >= 15 is 0 Å². The number of aliphatic hydroxyl groups is 1. The van der Waals surface area contributed by atoms with E-state index in [-0.39, 0.29) is 5.56 Å². The van der Waals surface area contributed by atoms with E-state index < -0.39 is 11.9 Å². The van der Waals surface area contributed by atoms with Crippen LogP contribution in [0.25, 0.3) is 0 Å². The first-order valence-electron chi connectivity index (χ1n) is 5.81. The van der Waals surface area contributed by atoms with E-state index in [1.54, 1.807) is 37.4 Å². The van der Waals surface area contributed by atoms with Crippen molar-refractivity contribution in [2.75, 3.05) is 14.2 Å². The average molecular weight is 262 g/mol. The summed E-state index contributed by atoms with van der Waals surface area (Å²) >= 11 is 0. The molecule has 4 heteroatoms. The topological polar surface area (TPSA) is 38.7 Å². The molecule has 0 amide bonds. The van der Waals surface area contributed by atoms with Crippen LogP contribution in [0.5, 0.6) is 11.5 Å². The lowest BCUT2D eigenvalue weighted by Gasteiger charge is -2.14. The van der Waals surface area contributed by atoms with Gasteiger partial charge in [0.1, 0.15) is 23.4 Å². The van der Waals surface area contributed by atoms with Crippen molar-refractivity contribution in [3.63, 3.8) is 0 Å². The molecule has 0 aliphatic rings. The zero-order valence-corrected chi connectivity index (χ0v) is 10.8. The van der Waals surface area contributed by atoms with Crippen LogP contribution in [-0.2, 0) is 0 Å². The molecule has 100 valence electrons. The Bertz CT molecular complexity index is 569. The summed E-state index contributed by atoms with van der Waals surface area (Å²) in [6.07, 6.45) is -1.04. The number of hydrogen-bond donors (Lipinski definition) is 1. The van der Waals surface area contributed by atoms with Crippen LogP contribution in [0.1, 0.15) is 17.2 Å². The first-order valence-corrected chi connectivity index (χ1v) is 5.81. The van der Waals surface area contributed by atoms with Crippen LogP contribution >= 0.6 is 0 Å². The van der Waals surface area contributed by atoms with E-state index in [0.717, 1.165) is 0 Å². The van der Waals surface area contributed by atoms with Crippen LogP contribution in [-0.4, -0.2) is 19.3 Å². The van der Waals surface area contributed by atoms with Gasteiger partial charge in [-0.25, -0.2) is 4.39 Å². The Kier molecular flexibility index (Phi) is 4.02. The summed E-state index contributed by atoms with van der Waals surface area (Å²) in [5.74, 6) is 0.527. The third kappa shape index (κ3) is 2.85. The van der Waals surface area contributed by atoms with Gasteiger partial charge < -0.3 is 14.6 Å². The van der Waals surface area contributed by atoms with Crippen molar-refractivity contribution in [3.05, 3.63) is 59.4 Å². The van der Waals surface area contributed by atoms with E-state index in [2.05, 4.69) is 0 Å². The van der Waals surface area contributed by atoms with Crippen molar-refractivity contribution in [2.24, 2.45) is 0 Å². The van der Waals surface area contributed by atoms with Crippen molar-refractivity contribution in [3.8, 4) is 11.5 Å². The molecule has 0 aliphatic carbocycles. The quantitative estimate of drug-likeness (QED) is 0.920. The molecule has 0 bridgehead atoms. The maximum atomic E-state index is 13.9. The molecule has 0 aromatic heterocycles. The summed E-state index contributed by atoms with van der Waals surface area (Å²) in [4.78, 5) is 0. The second-order valence-corrected chi connectivity index (χ2v) is 4.07. The lowest BCUT2D eigenvalue weighted by Crippen LogP contribution is -2.03. The fourth-order valence-corrected chi connectivity index (χ4v) is 1.85. The SMILES string of the molecule is COc1cccc(C(O)c2ccc(OC)cc2F)c1. The van der Waals surface area contributed by atoms with Crippen LogP contribution in [0.2, 0.25) is 0 Å². The first-order chi connectivity index (χ1) is 9.15. The number of methoxy groups -OCH3 is 2. The minimum atomic E-state index is -1.04. The molecule has 2 aromatic carbocycles. The molecule has 1 unspecified atom stereocenters. The van der Waals surface area contributed by atoms with Crippen LogP contribution < -0.4 is 9.47 Å². The maximum absolute atomic E-state index is 13.9. The molecule has 1 N–H and O–H groups in total. The van der Waals surface area contributed by atoms with Crippen molar-refractivity contribution < 1.29 is 19.0 Å². The highest BCUT2D eigenvalue weighted by molar-refractivity contribution is 5.38. The molecule has 3 nitrogen and oxygen atoms in total. The molecule has 0 saturated heterocycles. The Balaban J connectivity index is 2.35. The third-order valence-electron chi connectivity index (χ3n) is 2.91. The van der Waals surface area contributed by atoms with Gasteiger partial charge in [0.25, 0.3) is 0 Å². The Morgan fingerprint density at radius 1 is 1.00 bits per heavy atom. The summed E-state index contributed by atoms with van der Waals surface area (Å²) in [5, 5.41) is 10.2. The van der Waals surface area contributed by atoms with Crippen LogP contribution in [0.3, 0.4) is 0 Å². The smallest absolute Gasteiger partial charge is 0.133 e. The van der Waals surface area contributed by atoms with Crippen LogP contribution in [0.15, 0.2) is 42.5 Å². The van der Waals surface area contributed by atoms with E-state index in [1.165, 1.54) is 19.2 Å². The van der Waals surface area contributed by atoms with Gasteiger partial charge in [0, 0.05) is 11.6 Å². The number of hydrogen-bond acceptors (Lipinski definition) is 3. The molecule has 2 aromatic rings. The fraction of sp³-hybridized carbons (Fsp3) is 0.200. The Morgan fingerprint density at radius 2 is 1.68 bits per heavy atom. The number of rotatable bonds is 4. The van der Waals surface area contributed by atoms with Gasteiger partial charge in [-0.15, -0.1) is 0 Å². The van der Waals surface area contributed by atoms with Gasteiger partial charge in [-0.2, -0.15) is 0 Å². The molecule has 1 atom stereocenters. The molecule has 0 saturated carbocycles. The first kappa shape index (κ1) is 13.4. The van der Waals surface area contributed by atoms with E-state index in [9.17, 15) is 9.50 Å². The monoisotopic (exact) mass is 262 g/mol.